The molecule has 0 atom stereocenters. The first-order valence-electron chi connectivity index (χ1n) is 7.72. The maximum atomic E-state index is 8.88. The van der Waals surface area contributed by atoms with E-state index in [1.165, 1.54) is 27.8 Å². The summed E-state index contributed by atoms with van der Waals surface area (Å²) in [6, 6.07) is 27.7. The molecule has 0 unspecified atom stereocenters. The van der Waals surface area contributed by atoms with Crippen molar-refractivity contribution < 1.29 is 5.11 Å². The summed E-state index contributed by atoms with van der Waals surface area (Å²) in [5.41, 5.74) is 6.22. The zero-order chi connectivity index (χ0) is 15.2. The van der Waals surface area contributed by atoms with Crippen LogP contribution in [0, 0.1) is 0 Å². The Morgan fingerprint density at radius 2 is 1.00 bits per heavy atom. The van der Waals surface area contributed by atoms with Gasteiger partial charge in [0.2, 0.25) is 0 Å². The lowest BCUT2D eigenvalue weighted by atomic mass is 9.99. The normalized spacial score (nSPS) is 10.6. The highest BCUT2D eigenvalue weighted by Crippen LogP contribution is 2.25. The van der Waals surface area contributed by atoms with Crippen LogP contribution in [0.5, 0.6) is 0 Å². The zero-order valence-corrected chi connectivity index (χ0v) is 12.6. The van der Waals surface area contributed by atoms with Crippen LogP contribution in [0.2, 0.25) is 0 Å². The minimum Gasteiger partial charge on any atom is -0.396 e. The van der Waals surface area contributed by atoms with Gasteiger partial charge in [-0.15, -0.1) is 0 Å². The highest BCUT2D eigenvalue weighted by molar-refractivity contribution is 5.70. The van der Waals surface area contributed by atoms with Gasteiger partial charge in [-0.2, -0.15) is 0 Å². The molecule has 0 heterocycles. The molecule has 0 bridgehead atoms. The second-order valence-electron chi connectivity index (χ2n) is 5.47. The lowest BCUT2D eigenvalue weighted by Gasteiger charge is -2.06. The average Bonchev–Trinajstić information content (AvgIpc) is 2.61. The summed E-state index contributed by atoms with van der Waals surface area (Å²) in [6.45, 7) is 0.253. The van der Waals surface area contributed by atoms with Gasteiger partial charge >= 0.3 is 0 Å². The Bertz CT molecular complexity index is 697. The first kappa shape index (κ1) is 14.6. The van der Waals surface area contributed by atoms with Gasteiger partial charge < -0.3 is 5.11 Å². The van der Waals surface area contributed by atoms with E-state index in [1.54, 1.807) is 0 Å². The highest BCUT2D eigenvalue weighted by Gasteiger charge is 2.00. The van der Waals surface area contributed by atoms with Crippen molar-refractivity contribution in [3.8, 4) is 22.3 Å². The predicted octanol–water partition coefficient (Wildman–Crippen LogP) is 4.95. The van der Waals surface area contributed by atoms with E-state index in [0.717, 1.165) is 12.8 Å². The van der Waals surface area contributed by atoms with Gasteiger partial charge in [-0.1, -0.05) is 78.9 Å². The summed E-state index contributed by atoms with van der Waals surface area (Å²) >= 11 is 0. The van der Waals surface area contributed by atoms with Crippen molar-refractivity contribution in [1.29, 1.82) is 0 Å². The van der Waals surface area contributed by atoms with E-state index in [0.29, 0.717) is 0 Å². The molecule has 0 radical (unpaired) electrons. The first-order valence-corrected chi connectivity index (χ1v) is 7.72. The fourth-order valence-electron chi connectivity index (χ4n) is 2.63. The van der Waals surface area contributed by atoms with Crippen molar-refractivity contribution in [1.82, 2.24) is 0 Å². The largest absolute Gasteiger partial charge is 0.396 e. The molecular formula is C21H20O. The van der Waals surface area contributed by atoms with Crippen LogP contribution in [0.3, 0.4) is 0 Å². The summed E-state index contributed by atoms with van der Waals surface area (Å²) in [5, 5.41) is 8.88. The molecule has 1 nitrogen and oxygen atoms in total. The first-order chi connectivity index (χ1) is 10.9. The van der Waals surface area contributed by atoms with Crippen molar-refractivity contribution in [2.45, 2.75) is 12.8 Å². The standard InChI is InChI=1S/C21H20O/c22-16-4-5-17-8-10-19(11-9-17)21-14-12-20(13-15-21)18-6-2-1-3-7-18/h1-3,6-15,22H,4-5,16H2. The molecule has 0 aliphatic rings. The number of aryl methyl sites for hydroxylation is 1. The Labute approximate surface area is 131 Å². The molecule has 0 saturated carbocycles. The molecule has 1 heteroatoms. The van der Waals surface area contributed by atoms with Crippen molar-refractivity contribution >= 4 is 0 Å². The lowest BCUT2D eigenvalue weighted by molar-refractivity contribution is 0.288. The van der Waals surface area contributed by atoms with Gasteiger partial charge in [0.25, 0.3) is 0 Å². The van der Waals surface area contributed by atoms with Crippen LogP contribution in [0.1, 0.15) is 12.0 Å². The Balaban J connectivity index is 1.78. The van der Waals surface area contributed by atoms with Gasteiger partial charge in [-0.25, -0.2) is 0 Å². The Morgan fingerprint density at radius 3 is 1.50 bits per heavy atom. The van der Waals surface area contributed by atoms with Crippen LogP contribution in [0.15, 0.2) is 78.9 Å². The molecule has 0 amide bonds. The van der Waals surface area contributed by atoms with Gasteiger partial charge in [-0.3, -0.25) is 0 Å². The van der Waals surface area contributed by atoms with Crippen LogP contribution < -0.4 is 0 Å². The van der Waals surface area contributed by atoms with Gasteiger partial charge in [0, 0.05) is 6.61 Å². The molecular weight excluding hydrogens is 268 g/mol. The zero-order valence-electron chi connectivity index (χ0n) is 12.6. The Morgan fingerprint density at radius 1 is 0.545 bits per heavy atom. The van der Waals surface area contributed by atoms with Crippen molar-refractivity contribution in [3.05, 3.63) is 84.4 Å². The molecule has 110 valence electrons. The molecule has 22 heavy (non-hydrogen) atoms. The molecule has 0 aromatic heterocycles. The molecule has 1 N–H and O–H groups in total. The fraction of sp³-hybridized carbons (Fsp3) is 0.143. The van der Waals surface area contributed by atoms with Crippen molar-refractivity contribution in [2.24, 2.45) is 0 Å². The third kappa shape index (κ3) is 3.44. The minimum atomic E-state index is 0.253. The molecule has 3 aromatic rings. The van der Waals surface area contributed by atoms with Gasteiger partial charge in [0.05, 0.1) is 0 Å². The van der Waals surface area contributed by atoms with E-state index in [2.05, 4.69) is 72.8 Å². The van der Waals surface area contributed by atoms with Crippen LogP contribution in [-0.2, 0) is 6.42 Å². The van der Waals surface area contributed by atoms with Gasteiger partial charge in [0.15, 0.2) is 0 Å². The number of rotatable bonds is 5. The number of hydrogen-bond donors (Lipinski definition) is 1. The highest BCUT2D eigenvalue weighted by atomic mass is 16.2. The Hall–Kier alpha value is -2.38. The molecule has 3 aromatic carbocycles. The van der Waals surface area contributed by atoms with Crippen LogP contribution in [0.25, 0.3) is 22.3 Å². The van der Waals surface area contributed by atoms with E-state index in [-0.39, 0.29) is 6.61 Å². The number of hydrogen-bond acceptors (Lipinski definition) is 1. The van der Waals surface area contributed by atoms with E-state index >= 15 is 0 Å². The number of aliphatic hydroxyl groups is 1. The van der Waals surface area contributed by atoms with Crippen molar-refractivity contribution in [2.75, 3.05) is 6.61 Å². The maximum Gasteiger partial charge on any atom is 0.0434 e. The topological polar surface area (TPSA) is 20.2 Å². The average molecular weight is 288 g/mol. The van der Waals surface area contributed by atoms with E-state index in [4.69, 9.17) is 5.11 Å². The second kappa shape index (κ2) is 7.06. The monoisotopic (exact) mass is 288 g/mol. The van der Waals surface area contributed by atoms with Gasteiger partial charge in [0.1, 0.15) is 0 Å². The predicted molar refractivity (Wildman–Crippen MR) is 92.7 cm³/mol. The summed E-state index contributed by atoms with van der Waals surface area (Å²) in [7, 11) is 0. The van der Waals surface area contributed by atoms with Crippen LogP contribution in [0.4, 0.5) is 0 Å². The number of aliphatic hydroxyl groups excluding tert-OH is 1. The molecule has 0 spiro atoms. The van der Waals surface area contributed by atoms with Crippen LogP contribution in [-0.4, -0.2) is 11.7 Å². The quantitative estimate of drug-likeness (QED) is 0.704. The van der Waals surface area contributed by atoms with E-state index in [9.17, 15) is 0 Å². The van der Waals surface area contributed by atoms with E-state index < -0.39 is 0 Å². The molecule has 3 rings (SSSR count). The van der Waals surface area contributed by atoms with Gasteiger partial charge in [-0.05, 0) is 40.7 Å². The molecule has 0 saturated heterocycles. The maximum absolute atomic E-state index is 8.88. The minimum absolute atomic E-state index is 0.253. The summed E-state index contributed by atoms with van der Waals surface area (Å²) in [6.07, 6.45) is 1.76. The lowest BCUT2D eigenvalue weighted by Crippen LogP contribution is -1.89. The van der Waals surface area contributed by atoms with Crippen molar-refractivity contribution in [3.63, 3.8) is 0 Å². The third-order valence-electron chi connectivity index (χ3n) is 3.90. The van der Waals surface area contributed by atoms with Crippen LogP contribution >= 0.6 is 0 Å². The molecule has 0 aliphatic carbocycles. The summed E-state index contributed by atoms with van der Waals surface area (Å²) < 4.78 is 0. The summed E-state index contributed by atoms with van der Waals surface area (Å²) in [5.74, 6) is 0. The molecule has 0 fully saturated rings. The number of benzene rings is 3. The van der Waals surface area contributed by atoms with E-state index in [1.807, 2.05) is 6.07 Å². The smallest absolute Gasteiger partial charge is 0.0434 e. The SMILES string of the molecule is OCCCc1ccc(-c2ccc(-c3ccccc3)cc2)cc1. The summed E-state index contributed by atoms with van der Waals surface area (Å²) in [4.78, 5) is 0. The molecule has 0 aliphatic heterocycles. The second-order valence-corrected chi connectivity index (χ2v) is 5.47. The Kier molecular flexibility index (Phi) is 4.67. The fourth-order valence-corrected chi connectivity index (χ4v) is 2.63. The third-order valence-corrected chi connectivity index (χ3v) is 3.90.